The number of amides is 1. The van der Waals surface area contributed by atoms with Crippen molar-refractivity contribution in [1.29, 1.82) is 0 Å². The minimum atomic E-state index is -0.508. The van der Waals surface area contributed by atoms with E-state index in [-0.39, 0.29) is 17.4 Å². The summed E-state index contributed by atoms with van der Waals surface area (Å²) in [6, 6.07) is 9.97. The molecule has 1 aromatic heterocycles. The van der Waals surface area contributed by atoms with E-state index in [2.05, 4.69) is 21.9 Å². The largest absolute Gasteiger partial charge is 0.494 e. The first-order chi connectivity index (χ1) is 13.9. The lowest BCUT2D eigenvalue weighted by Crippen LogP contribution is -2.28. The molecular weight excluding hydrogens is 373 g/mol. The Kier molecular flexibility index (Phi) is 5.87. The van der Waals surface area contributed by atoms with Crippen LogP contribution in [0, 0.1) is 19.7 Å². The number of nitrogens with one attached hydrogen (secondary N) is 1. The van der Waals surface area contributed by atoms with Gasteiger partial charge in [-0.05, 0) is 36.3 Å². The van der Waals surface area contributed by atoms with Gasteiger partial charge in [-0.25, -0.2) is 14.4 Å². The molecule has 3 aromatic rings. The van der Waals surface area contributed by atoms with Crippen molar-refractivity contribution in [3.63, 3.8) is 0 Å². The summed E-state index contributed by atoms with van der Waals surface area (Å²) in [6.45, 7) is 7.15. The highest BCUT2D eigenvalue weighted by Gasteiger charge is 2.16. The van der Waals surface area contributed by atoms with Gasteiger partial charge in [0.1, 0.15) is 23.1 Å². The number of aromatic nitrogens is 1. The number of methoxy groups -OCH3 is 1. The van der Waals surface area contributed by atoms with Crippen LogP contribution in [-0.4, -0.2) is 23.8 Å². The minimum Gasteiger partial charge on any atom is -0.494 e. The lowest BCUT2D eigenvalue weighted by Gasteiger charge is -2.14. The van der Waals surface area contributed by atoms with Crippen molar-refractivity contribution in [2.24, 2.45) is 4.99 Å². The molecule has 0 spiro atoms. The number of rotatable bonds is 5. The molecule has 0 unspecified atom stereocenters. The van der Waals surface area contributed by atoms with Crippen LogP contribution in [-0.2, 0) is 0 Å². The van der Waals surface area contributed by atoms with E-state index in [4.69, 9.17) is 9.15 Å². The first-order valence-corrected chi connectivity index (χ1v) is 8.82. The molecule has 7 heteroatoms. The molecule has 0 aliphatic heterocycles. The predicted molar refractivity (Wildman–Crippen MR) is 109 cm³/mol. The van der Waals surface area contributed by atoms with Gasteiger partial charge in [-0.15, -0.1) is 0 Å². The highest BCUT2D eigenvalue weighted by Crippen LogP contribution is 2.38. The number of carbonyl (C=O) groups is 1. The van der Waals surface area contributed by atoms with Gasteiger partial charge in [-0.2, -0.15) is 0 Å². The third-order valence-corrected chi connectivity index (χ3v) is 4.29. The number of aryl methyl sites for hydroxylation is 1. The Morgan fingerprint density at radius 1 is 1.24 bits per heavy atom. The second-order valence-corrected chi connectivity index (χ2v) is 6.17. The molecule has 1 N–H and O–H groups in total. The Labute approximate surface area is 167 Å². The molecule has 148 valence electrons. The number of amidine groups is 1. The predicted octanol–water partition coefficient (Wildman–Crippen LogP) is 4.75. The van der Waals surface area contributed by atoms with Crippen molar-refractivity contribution in [2.45, 2.75) is 13.8 Å². The lowest BCUT2D eigenvalue weighted by atomic mass is 9.98. The molecule has 0 atom stereocenters. The average Bonchev–Trinajstić information content (AvgIpc) is 3.16. The Hall–Kier alpha value is -3.74. The van der Waals surface area contributed by atoms with E-state index in [0.717, 1.165) is 0 Å². The molecule has 1 heterocycles. The van der Waals surface area contributed by atoms with Crippen LogP contribution in [0.2, 0.25) is 0 Å². The molecule has 0 saturated carbocycles. The summed E-state index contributed by atoms with van der Waals surface area (Å²) < 4.78 is 24.9. The fraction of sp³-hybridized carbons (Fsp3) is 0.136. The molecule has 0 aliphatic rings. The average molecular weight is 393 g/mol. The number of ether oxygens (including phenoxy) is 1. The summed E-state index contributed by atoms with van der Waals surface area (Å²) in [5.41, 5.74) is 2.27. The maximum Gasteiger partial charge on any atom is 0.294 e. The van der Waals surface area contributed by atoms with Crippen molar-refractivity contribution < 1.29 is 18.3 Å². The summed E-state index contributed by atoms with van der Waals surface area (Å²) in [5.74, 6) is 0.255. The van der Waals surface area contributed by atoms with Gasteiger partial charge in [0.25, 0.3) is 5.91 Å². The minimum absolute atomic E-state index is 0.0563. The highest BCUT2D eigenvalue weighted by molar-refractivity contribution is 6.10. The van der Waals surface area contributed by atoms with Gasteiger partial charge in [0.05, 0.1) is 13.3 Å². The number of benzene rings is 2. The normalized spacial score (nSPS) is 11.2. The zero-order chi connectivity index (χ0) is 21.0. The Bertz CT molecular complexity index is 1100. The van der Waals surface area contributed by atoms with E-state index in [1.54, 1.807) is 37.3 Å². The molecule has 0 saturated heterocycles. The second kappa shape index (κ2) is 8.52. The number of hydrogen-bond acceptors (Lipinski definition) is 5. The molecule has 0 radical (unpaired) electrons. The van der Waals surface area contributed by atoms with E-state index in [9.17, 15) is 9.18 Å². The molecule has 0 fully saturated rings. The standard InChI is InChI=1S/C22H20FN3O3/c1-5-20(26-22(27)19-12-24-14(3)29-19)25-21-13(2)15(10-11-18(21)28-4)16-8-6-7-9-17(16)23/h5-12H,1H2,2-4H3,(H,25,26,27). The van der Waals surface area contributed by atoms with E-state index < -0.39 is 5.91 Å². The van der Waals surface area contributed by atoms with Gasteiger partial charge in [-0.1, -0.05) is 30.8 Å². The zero-order valence-electron chi connectivity index (χ0n) is 16.3. The number of carbonyl (C=O) groups excluding carboxylic acids is 1. The van der Waals surface area contributed by atoms with Crippen molar-refractivity contribution in [3.05, 3.63) is 78.3 Å². The fourth-order valence-corrected chi connectivity index (χ4v) is 2.84. The third kappa shape index (κ3) is 4.24. The quantitative estimate of drug-likeness (QED) is 0.501. The van der Waals surface area contributed by atoms with Crippen LogP contribution in [0.25, 0.3) is 11.1 Å². The fourth-order valence-electron chi connectivity index (χ4n) is 2.84. The number of hydrogen-bond donors (Lipinski definition) is 1. The van der Waals surface area contributed by atoms with Crippen molar-refractivity contribution >= 4 is 17.4 Å². The summed E-state index contributed by atoms with van der Waals surface area (Å²) in [6.07, 6.45) is 2.73. The second-order valence-electron chi connectivity index (χ2n) is 6.17. The smallest absolute Gasteiger partial charge is 0.294 e. The molecular formula is C22H20FN3O3. The van der Waals surface area contributed by atoms with Crippen molar-refractivity contribution in [2.75, 3.05) is 7.11 Å². The molecule has 29 heavy (non-hydrogen) atoms. The topological polar surface area (TPSA) is 76.7 Å². The zero-order valence-corrected chi connectivity index (χ0v) is 16.3. The van der Waals surface area contributed by atoms with Gasteiger partial charge in [0.15, 0.2) is 5.89 Å². The van der Waals surface area contributed by atoms with Gasteiger partial charge in [-0.3, -0.25) is 4.79 Å². The highest BCUT2D eigenvalue weighted by atomic mass is 19.1. The van der Waals surface area contributed by atoms with Crippen LogP contribution < -0.4 is 10.1 Å². The molecule has 2 aromatic carbocycles. The summed E-state index contributed by atoms with van der Waals surface area (Å²) in [7, 11) is 1.51. The van der Waals surface area contributed by atoms with E-state index in [0.29, 0.717) is 34.0 Å². The van der Waals surface area contributed by atoms with Gasteiger partial charge in [0, 0.05) is 12.5 Å². The molecule has 1 amide bonds. The number of halogens is 1. The monoisotopic (exact) mass is 393 g/mol. The van der Waals surface area contributed by atoms with Crippen LogP contribution in [0.4, 0.5) is 10.1 Å². The third-order valence-electron chi connectivity index (χ3n) is 4.29. The number of aliphatic imine (C=N–C) groups is 1. The van der Waals surface area contributed by atoms with Crippen LogP contribution in [0.5, 0.6) is 5.75 Å². The van der Waals surface area contributed by atoms with Crippen molar-refractivity contribution in [1.82, 2.24) is 10.3 Å². The summed E-state index contributed by atoms with van der Waals surface area (Å²) in [5, 5.41) is 2.62. The molecule has 3 rings (SSSR count). The number of oxazole rings is 1. The molecule has 6 nitrogen and oxygen atoms in total. The summed E-state index contributed by atoms with van der Waals surface area (Å²) >= 11 is 0. The van der Waals surface area contributed by atoms with Crippen LogP contribution in [0.3, 0.4) is 0 Å². The molecule has 0 aliphatic carbocycles. The molecule has 0 bridgehead atoms. The first kappa shape index (κ1) is 20.0. The maximum absolute atomic E-state index is 14.3. The summed E-state index contributed by atoms with van der Waals surface area (Å²) in [4.78, 5) is 20.7. The number of nitrogens with zero attached hydrogens (tertiary/aromatic N) is 2. The lowest BCUT2D eigenvalue weighted by molar-refractivity contribution is 0.0949. The van der Waals surface area contributed by atoms with Gasteiger partial charge < -0.3 is 14.5 Å². The van der Waals surface area contributed by atoms with E-state index in [1.807, 2.05) is 6.92 Å². The Balaban J connectivity index is 2.03. The van der Waals surface area contributed by atoms with Crippen LogP contribution in [0.1, 0.15) is 22.0 Å². The van der Waals surface area contributed by atoms with E-state index in [1.165, 1.54) is 25.4 Å². The van der Waals surface area contributed by atoms with Gasteiger partial charge >= 0.3 is 0 Å². The van der Waals surface area contributed by atoms with Crippen LogP contribution in [0.15, 0.2) is 64.7 Å². The van der Waals surface area contributed by atoms with Crippen molar-refractivity contribution in [3.8, 4) is 16.9 Å². The SMILES string of the molecule is C=CC(=Nc1c(OC)ccc(-c2ccccc2F)c1C)NC(=O)c1cnc(C)o1. The maximum atomic E-state index is 14.3. The first-order valence-electron chi connectivity index (χ1n) is 8.82. The Morgan fingerprint density at radius 3 is 2.62 bits per heavy atom. The van der Waals surface area contributed by atoms with Gasteiger partial charge in [0.2, 0.25) is 5.76 Å². The van der Waals surface area contributed by atoms with E-state index >= 15 is 0 Å². The Morgan fingerprint density at radius 2 is 2.00 bits per heavy atom. The van der Waals surface area contributed by atoms with Crippen LogP contribution >= 0.6 is 0 Å².